The normalized spacial score (nSPS) is 20.5. The zero-order chi connectivity index (χ0) is 24.9. The molecule has 1 amide bonds. The molecule has 35 heavy (non-hydrogen) atoms. The van der Waals surface area contributed by atoms with Gasteiger partial charge in [-0.1, -0.05) is 12.1 Å². The molecule has 2 aromatic carbocycles. The lowest BCUT2D eigenvalue weighted by molar-refractivity contribution is -0.140. The van der Waals surface area contributed by atoms with E-state index in [1.807, 2.05) is 13.8 Å². The maximum absolute atomic E-state index is 13.1. The zero-order valence-electron chi connectivity index (χ0n) is 20.1. The van der Waals surface area contributed by atoms with E-state index in [0.717, 1.165) is 19.6 Å². The fourth-order valence-electron chi connectivity index (χ4n) is 4.52. The third-order valence-electron chi connectivity index (χ3n) is 6.23. The van der Waals surface area contributed by atoms with Crippen molar-refractivity contribution in [3.63, 3.8) is 0 Å². The molecule has 0 aromatic heterocycles. The van der Waals surface area contributed by atoms with Crippen LogP contribution in [0.25, 0.3) is 5.76 Å². The van der Waals surface area contributed by atoms with Crippen LogP contribution in [0.3, 0.4) is 0 Å². The predicted octanol–water partition coefficient (Wildman–Crippen LogP) is 3.32. The highest BCUT2D eigenvalue weighted by atomic mass is 16.5. The Morgan fingerprint density at radius 3 is 2.31 bits per heavy atom. The number of hydrogen-bond donors (Lipinski definition) is 2. The zero-order valence-corrected chi connectivity index (χ0v) is 20.1. The molecule has 2 N–H and O–H groups in total. The summed E-state index contributed by atoms with van der Waals surface area (Å²) >= 11 is 0. The quantitative estimate of drug-likeness (QED) is 0.340. The molecule has 2 aliphatic heterocycles. The van der Waals surface area contributed by atoms with Crippen LogP contribution in [0.4, 0.5) is 0 Å². The third kappa shape index (κ3) is 5.66. The van der Waals surface area contributed by atoms with Gasteiger partial charge in [0.1, 0.15) is 17.3 Å². The Morgan fingerprint density at radius 1 is 1.03 bits per heavy atom. The van der Waals surface area contributed by atoms with Crippen molar-refractivity contribution < 1.29 is 29.3 Å². The number of morpholine rings is 1. The molecule has 1 atom stereocenters. The van der Waals surface area contributed by atoms with Gasteiger partial charge in [-0.25, -0.2) is 0 Å². The molecule has 0 spiro atoms. The Morgan fingerprint density at radius 2 is 1.69 bits per heavy atom. The summed E-state index contributed by atoms with van der Waals surface area (Å²) in [5, 5.41) is 20.9. The van der Waals surface area contributed by atoms with Crippen molar-refractivity contribution in [3.05, 3.63) is 65.2 Å². The number of aliphatic hydroxyl groups is 1. The summed E-state index contributed by atoms with van der Waals surface area (Å²) in [6.45, 7) is 8.07. The summed E-state index contributed by atoms with van der Waals surface area (Å²) in [7, 11) is 0. The van der Waals surface area contributed by atoms with Gasteiger partial charge in [0.05, 0.1) is 30.9 Å². The average molecular weight is 481 g/mol. The minimum Gasteiger partial charge on any atom is -0.508 e. The first-order valence-corrected chi connectivity index (χ1v) is 12.0. The van der Waals surface area contributed by atoms with Crippen LogP contribution in [-0.4, -0.2) is 77.2 Å². The van der Waals surface area contributed by atoms with Crippen molar-refractivity contribution in [1.82, 2.24) is 9.80 Å². The summed E-state index contributed by atoms with van der Waals surface area (Å²) in [5.74, 6) is -0.844. The molecule has 0 bridgehead atoms. The number of ketones is 1. The average Bonchev–Trinajstić information content (AvgIpc) is 3.10. The highest BCUT2D eigenvalue weighted by Gasteiger charge is 2.45. The molecule has 2 aliphatic rings. The van der Waals surface area contributed by atoms with Crippen LogP contribution in [0.5, 0.6) is 11.5 Å². The van der Waals surface area contributed by atoms with Crippen molar-refractivity contribution in [2.45, 2.75) is 32.4 Å². The van der Waals surface area contributed by atoms with Gasteiger partial charge in [-0.2, -0.15) is 0 Å². The molecule has 2 heterocycles. The van der Waals surface area contributed by atoms with Gasteiger partial charge < -0.3 is 24.6 Å². The molecule has 8 nitrogen and oxygen atoms in total. The van der Waals surface area contributed by atoms with E-state index in [1.54, 1.807) is 36.4 Å². The number of carbonyl (C=O) groups excluding carboxylic acids is 2. The molecule has 2 saturated heterocycles. The summed E-state index contributed by atoms with van der Waals surface area (Å²) in [6.07, 6.45) is 0.690. The number of Topliss-reactive ketones (excluding diaryl/α,β-unsaturated/α-hetero) is 1. The molecule has 8 heteroatoms. The highest BCUT2D eigenvalue weighted by Crippen LogP contribution is 2.40. The number of carbonyl (C=O) groups is 2. The summed E-state index contributed by atoms with van der Waals surface area (Å²) < 4.78 is 11.1. The van der Waals surface area contributed by atoms with Crippen LogP contribution < -0.4 is 4.74 Å². The van der Waals surface area contributed by atoms with Crippen LogP contribution in [0.1, 0.15) is 37.4 Å². The van der Waals surface area contributed by atoms with Gasteiger partial charge in [0.25, 0.3) is 11.7 Å². The lowest BCUT2D eigenvalue weighted by Crippen LogP contribution is -2.38. The number of rotatable bonds is 8. The van der Waals surface area contributed by atoms with E-state index in [4.69, 9.17) is 9.47 Å². The molecule has 0 saturated carbocycles. The summed E-state index contributed by atoms with van der Waals surface area (Å²) in [4.78, 5) is 30.0. The lowest BCUT2D eigenvalue weighted by Gasteiger charge is -2.29. The predicted molar refractivity (Wildman–Crippen MR) is 131 cm³/mol. The molecule has 2 aromatic rings. The summed E-state index contributed by atoms with van der Waals surface area (Å²) in [6, 6.07) is 12.4. The summed E-state index contributed by atoms with van der Waals surface area (Å²) in [5.41, 5.74) is 1.12. The number of benzene rings is 2. The Bertz CT molecular complexity index is 1070. The fraction of sp³-hybridized carbons (Fsp3) is 0.407. The Hall–Kier alpha value is -3.36. The largest absolute Gasteiger partial charge is 0.508 e. The highest BCUT2D eigenvalue weighted by molar-refractivity contribution is 6.46. The topological polar surface area (TPSA) is 99.5 Å². The second-order valence-corrected chi connectivity index (χ2v) is 9.08. The third-order valence-corrected chi connectivity index (χ3v) is 6.23. The van der Waals surface area contributed by atoms with E-state index in [-0.39, 0.29) is 23.2 Å². The molecule has 0 aliphatic carbocycles. The van der Waals surface area contributed by atoms with E-state index in [2.05, 4.69) is 4.90 Å². The first kappa shape index (κ1) is 24.8. The van der Waals surface area contributed by atoms with E-state index < -0.39 is 17.7 Å². The lowest BCUT2D eigenvalue weighted by atomic mass is 9.95. The number of aliphatic hydroxyl groups excluding tert-OH is 1. The van der Waals surface area contributed by atoms with Crippen molar-refractivity contribution >= 4 is 17.4 Å². The van der Waals surface area contributed by atoms with E-state index in [9.17, 15) is 19.8 Å². The van der Waals surface area contributed by atoms with Gasteiger partial charge in [0.2, 0.25) is 0 Å². The van der Waals surface area contributed by atoms with Gasteiger partial charge in [-0.05, 0) is 62.2 Å². The Balaban J connectivity index is 1.64. The first-order valence-electron chi connectivity index (χ1n) is 12.0. The number of phenols is 1. The molecule has 4 rings (SSSR count). The number of amides is 1. The van der Waals surface area contributed by atoms with Crippen LogP contribution in [0.15, 0.2) is 54.1 Å². The van der Waals surface area contributed by atoms with Crippen molar-refractivity contribution in [2.24, 2.45) is 0 Å². The molecular weight excluding hydrogens is 448 g/mol. The molecule has 0 radical (unpaired) electrons. The van der Waals surface area contributed by atoms with Gasteiger partial charge in [-0.15, -0.1) is 0 Å². The molecular formula is C27H32N2O6. The fourth-order valence-corrected chi connectivity index (χ4v) is 4.52. The maximum Gasteiger partial charge on any atom is 0.295 e. The van der Waals surface area contributed by atoms with Crippen LogP contribution in [0, 0.1) is 0 Å². The molecule has 2 fully saturated rings. The van der Waals surface area contributed by atoms with Gasteiger partial charge in [-0.3, -0.25) is 14.5 Å². The molecule has 0 unspecified atom stereocenters. The van der Waals surface area contributed by atoms with Crippen LogP contribution >= 0.6 is 0 Å². The second-order valence-electron chi connectivity index (χ2n) is 9.08. The number of phenolic OH excluding ortho intramolecular Hbond substituents is 1. The molecule has 186 valence electrons. The SMILES string of the molecule is CC(C)Oc1ccc(/C(O)=C2\C(=O)C(=O)N(CCCN3CCOCC3)[C@H]2c2ccc(O)cc2)cc1. The Kier molecular flexibility index (Phi) is 7.73. The van der Waals surface area contributed by atoms with Crippen LogP contribution in [0.2, 0.25) is 0 Å². The van der Waals surface area contributed by atoms with E-state index in [0.29, 0.717) is 43.1 Å². The van der Waals surface area contributed by atoms with Gasteiger partial charge in [0.15, 0.2) is 0 Å². The second kappa shape index (κ2) is 10.9. The number of aromatic hydroxyl groups is 1. The number of hydrogen-bond acceptors (Lipinski definition) is 7. The standard InChI is InChI=1S/C27H32N2O6/c1-18(2)35-22-10-6-20(7-11-22)25(31)23-24(19-4-8-21(30)9-5-19)29(27(33)26(23)32)13-3-12-28-14-16-34-17-15-28/h4-11,18,24,30-31H,3,12-17H2,1-2H3/b25-23+/t24-/m0/s1. The van der Waals surface area contributed by atoms with E-state index in [1.165, 1.54) is 17.0 Å². The number of likely N-dealkylation sites (tertiary alicyclic amines) is 1. The maximum atomic E-state index is 13.1. The van der Waals surface area contributed by atoms with Crippen molar-refractivity contribution in [2.75, 3.05) is 39.4 Å². The first-order chi connectivity index (χ1) is 16.8. The number of nitrogens with zero attached hydrogens (tertiary/aromatic N) is 2. The Labute approximate surface area is 205 Å². The monoisotopic (exact) mass is 480 g/mol. The van der Waals surface area contributed by atoms with Gasteiger partial charge >= 0.3 is 0 Å². The minimum absolute atomic E-state index is 0.00623. The van der Waals surface area contributed by atoms with E-state index >= 15 is 0 Å². The number of ether oxygens (including phenoxy) is 2. The van der Waals surface area contributed by atoms with Gasteiger partial charge in [0, 0.05) is 31.7 Å². The van der Waals surface area contributed by atoms with Crippen molar-refractivity contribution in [1.29, 1.82) is 0 Å². The minimum atomic E-state index is -0.744. The smallest absolute Gasteiger partial charge is 0.295 e. The van der Waals surface area contributed by atoms with Crippen molar-refractivity contribution in [3.8, 4) is 11.5 Å². The van der Waals surface area contributed by atoms with Crippen LogP contribution in [-0.2, 0) is 14.3 Å².